The quantitative estimate of drug-likeness (QED) is 0.840. The lowest BCUT2D eigenvalue weighted by Gasteiger charge is -2.30. The maximum absolute atomic E-state index is 5.82. The van der Waals surface area contributed by atoms with Crippen LogP contribution in [0.15, 0.2) is 6.07 Å². The Morgan fingerprint density at radius 2 is 1.86 bits per heavy atom. The molecule has 2 rings (SSSR count). The van der Waals surface area contributed by atoms with Crippen molar-refractivity contribution >= 4 is 0 Å². The highest BCUT2D eigenvalue weighted by molar-refractivity contribution is 5.55. The number of fused-ring (bicyclic) bond motifs is 1. The molecular weight excluding hydrogens is 276 g/mol. The third kappa shape index (κ3) is 3.39. The topological polar surface area (TPSA) is 33.7 Å². The summed E-state index contributed by atoms with van der Waals surface area (Å²) < 4.78 is 11.5. The lowest BCUT2D eigenvalue weighted by molar-refractivity contribution is 0.286. The van der Waals surface area contributed by atoms with Gasteiger partial charge in [-0.05, 0) is 32.0 Å². The van der Waals surface area contributed by atoms with Crippen molar-refractivity contribution in [3.05, 3.63) is 22.8 Å². The maximum atomic E-state index is 5.82. The molecule has 0 saturated heterocycles. The molecule has 0 spiro atoms. The molecule has 0 fully saturated rings. The van der Waals surface area contributed by atoms with Gasteiger partial charge in [0.15, 0.2) is 0 Å². The maximum Gasteiger partial charge on any atom is 0.127 e. The van der Waals surface area contributed by atoms with E-state index in [0.717, 1.165) is 50.5 Å². The number of ether oxygens (including phenoxy) is 2. The fraction of sp³-hybridized carbons (Fsp3) is 0.667. The van der Waals surface area contributed by atoms with Gasteiger partial charge < -0.3 is 14.8 Å². The Kier molecular flexibility index (Phi) is 6.09. The summed E-state index contributed by atoms with van der Waals surface area (Å²) >= 11 is 0. The van der Waals surface area contributed by atoms with Crippen LogP contribution in [0.25, 0.3) is 0 Å². The Hall–Kier alpha value is -1.26. The Balaban J connectivity index is 2.46. The molecule has 1 heterocycles. The summed E-state index contributed by atoms with van der Waals surface area (Å²) in [6.07, 6.45) is 2.14. The number of nitrogens with zero attached hydrogens (tertiary/aromatic N) is 1. The minimum Gasteiger partial charge on any atom is -0.496 e. The van der Waals surface area contributed by atoms with Gasteiger partial charge in [0, 0.05) is 35.8 Å². The lowest BCUT2D eigenvalue weighted by atomic mass is 9.90. The van der Waals surface area contributed by atoms with Crippen LogP contribution in [0.3, 0.4) is 0 Å². The first-order chi connectivity index (χ1) is 10.7. The minimum absolute atomic E-state index is 0.523. The summed E-state index contributed by atoms with van der Waals surface area (Å²) in [6, 6.07) is 2.68. The second-order valence-corrected chi connectivity index (χ2v) is 5.88. The fourth-order valence-electron chi connectivity index (χ4n) is 3.30. The predicted octanol–water partition coefficient (Wildman–Crippen LogP) is 2.97. The van der Waals surface area contributed by atoms with Gasteiger partial charge in [-0.15, -0.1) is 0 Å². The zero-order valence-electron chi connectivity index (χ0n) is 14.7. The van der Waals surface area contributed by atoms with Crippen molar-refractivity contribution in [3.63, 3.8) is 0 Å². The average Bonchev–Trinajstić information content (AvgIpc) is 2.57. The molecule has 1 atom stereocenters. The van der Waals surface area contributed by atoms with E-state index < -0.39 is 0 Å². The van der Waals surface area contributed by atoms with Crippen molar-refractivity contribution in [2.24, 2.45) is 0 Å². The second-order valence-electron chi connectivity index (χ2n) is 5.88. The van der Waals surface area contributed by atoms with E-state index >= 15 is 0 Å². The van der Waals surface area contributed by atoms with Crippen LogP contribution in [0.2, 0.25) is 0 Å². The van der Waals surface area contributed by atoms with Crippen LogP contribution < -0.4 is 14.8 Å². The van der Waals surface area contributed by atoms with Crippen LogP contribution >= 0.6 is 0 Å². The van der Waals surface area contributed by atoms with E-state index in [-0.39, 0.29) is 0 Å². The summed E-state index contributed by atoms with van der Waals surface area (Å²) in [7, 11) is 3.55. The van der Waals surface area contributed by atoms with E-state index in [0.29, 0.717) is 6.04 Å². The summed E-state index contributed by atoms with van der Waals surface area (Å²) in [5, 5.41) is 3.59. The van der Waals surface area contributed by atoms with Gasteiger partial charge in [0.2, 0.25) is 0 Å². The van der Waals surface area contributed by atoms with Gasteiger partial charge in [0.25, 0.3) is 0 Å². The fourth-order valence-corrected chi connectivity index (χ4v) is 3.30. The lowest BCUT2D eigenvalue weighted by Crippen LogP contribution is -2.35. The molecule has 1 aromatic carbocycles. The number of rotatable bonds is 7. The van der Waals surface area contributed by atoms with Crippen LogP contribution in [0.4, 0.5) is 0 Å². The van der Waals surface area contributed by atoms with E-state index in [4.69, 9.17) is 9.47 Å². The smallest absolute Gasteiger partial charge is 0.127 e. The van der Waals surface area contributed by atoms with Crippen molar-refractivity contribution < 1.29 is 9.47 Å². The van der Waals surface area contributed by atoms with Gasteiger partial charge >= 0.3 is 0 Å². The third-order valence-electron chi connectivity index (χ3n) is 4.76. The van der Waals surface area contributed by atoms with Crippen LogP contribution in [0, 0.1) is 0 Å². The summed E-state index contributed by atoms with van der Waals surface area (Å²) in [6.45, 7) is 10.5. The molecule has 1 aromatic rings. The van der Waals surface area contributed by atoms with Crippen LogP contribution in [0.1, 0.15) is 43.9 Å². The SMILES string of the molecule is CCC1Cc2c(c(OC)cc(CN(CC)CC)c2OC)CN1. The third-order valence-corrected chi connectivity index (χ3v) is 4.76. The Labute approximate surface area is 134 Å². The van der Waals surface area contributed by atoms with Crippen molar-refractivity contribution in [2.75, 3.05) is 27.3 Å². The molecule has 22 heavy (non-hydrogen) atoms. The number of hydrogen-bond acceptors (Lipinski definition) is 4. The Morgan fingerprint density at radius 1 is 1.14 bits per heavy atom. The molecule has 1 N–H and O–H groups in total. The molecule has 0 bridgehead atoms. The van der Waals surface area contributed by atoms with Gasteiger partial charge in [0.05, 0.1) is 14.2 Å². The molecule has 0 radical (unpaired) electrons. The zero-order chi connectivity index (χ0) is 16.1. The highest BCUT2D eigenvalue weighted by atomic mass is 16.5. The highest BCUT2D eigenvalue weighted by Crippen LogP contribution is 2.38. The normalized spacial score (nSPS) is 17.5. The molecule has 0 aliphatic carbocycles. The summed E-state index contributed by atoms with van der Waals surface area (Å²) in [5.41, 5.74) is 3.82. The standard InChI is InChI=1S/C18H30N2O2/c1-6-14-10-15-16(11-19-14)17(21-4)9-13(18(15)22-5)12-20(7-2)8-3/h9,14,19H,6-8,10-12H2,1-5H3. The number of nitrogens with one attached hydrogen (secondary N) is 1. The van der Waals surface area contributed by atoms with Crippen LogP contribution in [-0.4, -0.2) is 38.3 Å². The minimum atomic E-state index is 0.523. The van der Waals surface area contributed by atoms with E-state index in [1.165, 1.54) is 16.7 Å². The molecule has 4 heteroatoms. The van der Waals surface area contributed by atoms with Gasteiger partial charge in [-0.1, -0.05) is 20.8 Å². The highest BCUT2D eigenvalue weighted by Gasteiger charge is 2.26. The van der Waals surface area contributed by atoms with Crippen LogP contribution in [-0.2, 0) is 19.5 Å². The average molecular weight is 306 g/mol. The predicted molar refractivity (Wildman–Crippen MR) is 90.8 cm³/mol. The van der Waals surface area contributed by atoms with Gasteiger partial charge in [-0.3, -0.25) is 4.90 Å². The van der Waals surface area contributed by atoms with Crippen LogP contribution in [0.5, 0.6) is 11.5 Å². The molecule has 1 aliphatic heterocycles. The largest absolute Gasteiger partial charge is 0.496 e. The van der Waals surface area contributed by atoms with Gasteiger partial charge in [0.1, 0.15) is 11.5 Å². The Bertz CT molecular complexity index is 498. The first kappa shape index (κ1) is 17.1. The number of benzene rings is 1. The number of hydrogen-bond donors (Lipinski definition) is 1. The first-order valence-electron chi connectivity index (χ1n) is 8.39. The Morgan fingerprint density at radius 3 is 2.41 bits per heavy atom. The zero-order valence-corrected chi connectivity index (χ0v) is 14.7. The van der Waals surface area contributed by atoms with Gasteiger partial charge in [-0.25, -0.2) is 0 Å². The number of methoxy groups -OCH3 is 2. The van der Waals surface area contributed by atoms with E-state index in [1.807, 2.05) is 0 Å². The van der Waals surface area contributed by atoms with Crippen molar-refractivity contribution in [1.82, 2.24) is 10.2 Å². The van der Waals surface area contributed by atoms with Crippen molar-refractivity contribution in [3.8, 4) is 11.5 Å². The van der Waals surface area contributed by atoms with E-state index in [1.54, 1.807) is 14.2 Å². The molecule has 0 amide bonds. The van der Waals surface area contributed by atoms with Gasteiger partial charge in [-0.2, -0.15) is 0 Å². The molecule has 4 nitrogen and oxygen atoms in total. The second kappa shape index (κ2) is 7.84. The van der Waals surface area contributed by atoms with Crippen molar-refractivity contribution in [2.45, 2.75) is 52.7 Å². The molecule has 124 valence electrons. The van der Waals surface area contributed by atoms with Crippen molar-refractivity contribution in [1.29, 1.82) is 0 Å². The molecular formula is C18H30N2O2. The molecule has 1 aliphatic rings. The van der Waals surface area contributed by atoms with E-state index in [9.17, 15) is 0 Å². The molecule has 1 unspecified atom stereocenters. The summed E-state index contributed by atoms with van der Waals surface area (Å²) in [5.74, 6) is 2.04. The molecule has 0 saturated carbocycles. The molecule has 0 aromatic heterocycles. The first-order valence-corrected chi connectivity index (χ1v) is 8.39. The van der Waals surface area contributed by atoms with E-state index in [2.05, 4.69) is 37.1 Å². The monoisotopic (exact) mass is 306 g/mol. The summed E-state index contributed by atoms with van der Waals surface area (Å²) in [4.78, 5) is 2.40.